The number of piperidine rings is 1. The highest BCUT2D eigenvalue weighted by atomic mass is 15.2. The van der Waals surface area contributed by atoms with Crippen LogP contribution in [0.1, 0.15) is 30.0 Å². The third-order valence-electron chi connectivity index (χ3n) is 6.57. The molecule has 0 saturated carbocycles. The third kappa shape index (κ3) is 4.55. The van der Waals surface area contributed by atoms with Gasteiger partial charge in [0.05, 0.1) is 6.04 Å². The van der Waals surface area contributed by atoms with Crippen LogP contribution in [-0.2, 0) is 6.54 Å². The standard InChI is InChI=1S/C30H30N2/c1-5-13-25(14-6-1)24-32(28-19-11-4-12-20-28)29-21-22-31(27-17-9-3-10-18-27)30(23-29)26-15-7-2-8-16-26/h1-20,29-30H,21-24H2/t29-,30+/m0/s1. The second kappa shape index (κ2) is 9.74. The van der Waals surface area contributed by atoms with Crippen LogP contribution in [0.3, 0.4) is 0 Å². The van der Waals surface area contributed by atoms with E-state index in [9.17, 15) is 0 Å². The zero-order chi connectivity index (χ0) is 21.6. The maximum atomic E-state index is 2.62. The summed E-state index contributed by atoms with van der Waals surface area (Å²) in [6.45, 7) is 1.98. The molecule has 2 heteroatoms. The lowest BCUT2D eigenvalue weighted by Crippen LogP contribution is -2.46. The number of anilines is 2. The second-order valence-electron chi connectivity index (χ2n) is 8.58. The molecule has 5 rings (SSSR count). The Morgan fingerprint density at radius 3 is 1.88 bits per heavy atom. The van der Waals surface area contributed by atoms with Crippen molar-refractivity contribution in [2.75, 3.05) is 16.3 Å². The first-order valence-corrected chi connectivity index (χ1v) is 11.6. The van der Waals surface area contributed by atoms with E-state index in [0.717, 1.165) is 25.9 Å². The van der Waals surface area contributed by atoms with Crippen molar-refractivity contribution in [2.45, 2.75) is 31.5 Å². The van der Waals surface area contributed by atoms with E-state index < -0.39 is 0 Å². The smallest absolute Gasteiger partial charge is 0.0562 e. The van der Waals surface area contributed by atoms with Gasteiger partial charge in [-0.05, 0) is 48.2 Å². The minimum absolute atomic E-state index is 0.360. The van der Waals surface area contributed by atoms with Crippen LogP contribution in [-0.4, -0.2) is 12.6 Å². The molecule has 4 aromatic rings. The highest BCUT2D eigenvalue weighted by Crippen LogP contribution is 2.38. The number of rotatable bonds is 6. The number of nitrogens with zero attached hydrogens (tertiary/aromatic N) is 2. The van der Waals surface area contributed by atoms with Crippen molar-refractivity contribution in [1.82, 2.24) is 0 Å². The lowest BCUT2D eigenvalue weighted by atomic mass is 9.89. The lowest BCUT2D eigenvalue weighted by molar-refractivity contribution is 0.395. The Bertz CT molecular complexity index is 1040. The van der Waals surface area contributed by atoms with E-state index >= 15 is 0 Å². The molecule has 1 aliphatic rings. The summed E-state index contributed by atoms with van der Waals surface area (Å²) in [5.41, 5.74) is 5.38. The number of hydrogen-bond acceptors (Lipinski definition) is 2. The van der Waals surface area contributed by atoms with Crippen molar-refractivity contribution >= 4 is 11.4 Å². The molecule has 160 valence electrons. The van der Waals surface area contributed by atoms with E-state index in [2.05, 4.69) is 131 Å². The van der Waals surface area contributed by atoms with Gasteiger partial charge >= 0.3 is 0 Å². The van der Waals surface area contributed by atoms with Gasteiger partial charge < -0.3 is 9.80 Å². The van der Waals surface area contributed by atoms with Crippen LogP contribution in [0, 0.1) is 0 Å². The SMILES string of the molecule is c1ccc(CN(c2ccccc2)[C@H]2CCN(c3ccccc3)[C@@H](c3ccccc3)C2)cc1. The average Bonchev–Trinajstić information content (AvgIpc) is 2.89. The van der Waals surface area contributed by atoms with Gasteiger partial charge in [-0.3, -0.25) is 0 Å². The summed E-state index contributed by atoms with van der Waals surface area (Å²) in [6, 6.07) is 44.5. The van der Waals surface area contributed by atoms with E-state index in [1.54, 1.807) is 0 Å². The van der Waals surface area contributed by atoms with Gasteiger partial charge in [0, 0.05) is 30.5 Å². The monoisotopic (exact) mass is 418 g/mol. The minimum Gasteiger partial charge on any atom is -0.364 e. The summed E-state index contributed by atoms with van der Waals surface area (Å²) in [4.78, 5) is 5.21. The highest BCUT2D eigenvalue weighted by Gasteiger charge is 2.33. The van der Waals surface area contributed by atoms with Crippen LogP contribution in [0.15, 0.2) is 121 Å². The maximum Gasteiger partial charge on any atom is 0.0562 e. The van der Waals surface area contributed by atoms with E-state index in [0.29, 0.717) is 12.1 Å². The van der Waals surface area contributed by atoms with Gasteiger partial charge in [-0.2, -0.15) is 0 Å². The van der Waals surface area contributed by atoms with Crippen molar-refractivity contribution in [3.8, 4) is 0 Å². The molecule has 0 bridgehead atoms. The fourth-order valence-electron chi connectivity index (χ4n) is 4.98. The van der Waals surface area contributed by atoms with Gasteiger partial charge in [-0.15, -0.1) is 0 Å². The first kappa shape index (κ1) is 20.4. The Morgan fingerprint density at radius 1 is 0.656 bits per heavy atom. The van der Waals surface area contributed by atoms with Crippen LogP contribution in [0.2, 0.25) is 0 Å². The summed E-state index contributed by atoms with van der Waals surface area (Å²) < 4.78 is 0. The van der Waals surface area contributed by atoms with Gasteiger partial charge in [0.25, 0.3) is 0 Å². The molecule has 1 heterocycles. The van der Waals surface area contributed by atoms with Crippen LogP contribution >= 0.6 is 0 Å². The van der Waals surface area contributed by atoms with Gasteiger partial charge in [0.15, 0.2) is 0 Å². The maximum absolute atomic E-state index is 2.62. The molecular formula is C30H30N2. The molecule has 0 spiro atoms. The molecule has 2 atom stereocenters. The first-order chi connectivity index (χ1) is 15.9. The molecular weight excluding hydrogens is 388 g/mol. The zero-order valence-electron chi connectivity index (χ0n) is 18.4. The predicted octanol–water partition coefficient (Wildman–Crippen LogP) is 7.10. The van der Waals surface area contributed by atoms with E-state index in [4.69, 9.17) is 0 Å². The molecule has 1 saturated heterocycles. The summed E-state index contributed by atoms with van der Waals surface area (Å²) in [6.07, 6.45) is 2.24. The molecule has 2 nitrogen and oxygen atoms in total. The Morgan fingerprint density at radius 2 is 1.22 bits per heavy atom. The van der Waals surface area contributed by atoms with Crippen molar-refractivity contribution in [3.05, 3.63) is 132 Å². The van der Waals surface area contributed by atoms with Crippen LogP contribution in [0.5, 0.6) is 0 Å². The summed E-state index contributed by atoms with van der Waals surface area (Å²) >= 11 is 0. The summed E-state index contributed by atoms with van der Waals surface area (Å²) in [5.74, 6) is 0. The zero-order valence-corrected chi connectivity index (χ0v) is 18.4. The molecule has 0 aromatic heterocycles. The Kier molecular flexibility index (Phi) is 6.20. The van der Waals surface area contributed by atoms with E-state index in [1.807, 2.05) is 0 Å². The van der Waals surface area contributed by atoms with E-state index in [-0.39, 0.29) is 0 Å². The Labute approximate surface area is 191 Å². The lowest BCUT2D eigenvalue weighted by Gasteiger charge is -2.45. The second-order valence-corrected chi connectivity index (χ2v) is 8.58. The van der Waals surface area contributed by atoms with Crippen molar-refractivity contribution in [3.63, 3.8) is 0 Å². The number of para-hydroxylation sites is 2. The fourth-order valence-corrected chi connectivity index (χ4v) is 4.98. The highest BCUT2D eigenvalue weighted by molar-refractivity contribution is 5.52. The molecule has 1 aliphatic heterocycles. The molecule has 32 heavy (non-hydrogen) atoms. The van der Waals surface area contributed by atoms with Gasteiger partial charge in [0.2, 0.25) is 0 Å². The van der Waals surface area contributed by atoms with Gasteiger partial charge in [-0.1, -0.05) is 97.1 Å². The largest absolute Gasteiger partial charge is 0.364 e. The molecule has 1 fully saturated rings. The van der Waals surface area contributed by atoms with Crippen molar-refractivity contribution in [2.24, 2.45) is 0 Å². The molecule has 0 amide bonds. The Balaban J connectivity index is 1.48. The molecule has 0 aliphatic carbocycles. The third-order valence-corrected chi connectivity index (χ3v) is 6.57. The van der Waals surface area contributed by atoms with E-state index in [1.165, 1.54) is 22.5 Å². The van der Waals surface area contributed by atoms with Crippen LogP contribution < -0.4 is 9.80 Å². The van der Waals surface area contributed by atoms with Gasteiger partial charge in [0.1, 0.15) is 0 Å². The average molecular weight is 419 g/mol. The minimum atomic E-state index is 0.360. The van der Waals surface area contributed by atoms with Crippen LogP contribution in [0.25, 0.3) is 0 Å². The fraction of sp³-hybridized carbons (Fsp3) is 0.200. The number of benzene rings is 4. The summed E-state index contributed by atoms with van der Waals surface area (Å²) in [7, 11) is 0. The molecule has 4 aromatic carbocycles. The first-order valence-electron chi connectivity index (χ1n) is 11.6. The molecule has 0 N–H and O–H groups in total. The Hall–Kier alpha value is -3.52. The topological polar surface area (TPSA) is 6.48 Å². The molecule has 0 unspecified atom stereocenters. The van der Waals surface area contributed by atoms with Crippen molar-refractivity contribution in [1.29, 1.82) is 0 Å². The molecule has 0 radical (unpaired) electrons. The summed E-state index contributed by atoms with van der Waals surface area (Å²) in [5, 5.41) is 0. The van der Waals surface area contributed by atoms with Crippen molar-refractivity contribution < 1.29 is 0 Å². The van der Waals surface area contributed by atoms with Gasteiger partial charge in [-0.25, -0.2) is 0 Å². The van der Waals surface area contributed by atoms with Crippen LogP contribution in [0.4, 0.5) is 11.4 Å². The normalized spacial score (nSPS) is 18.3. The quantitative estimate of drug-likeness (QED) is 0.329. The predicted molar refractivity (Wildman–Crippen MR) is 135 cm³/mol. The number of hydrogen-bond donors (Lipinski definition) is 0.